The van der Waals surface area contributed by atoms with Gasteiger partial charge in [0.1, 0.15) is 0 Å². The Kier molecular flexibility index (Phi) is 5.99. The molecule has 38 heavy (non-hydrogen) atoms. The van der Waals surface area contributed by atoms with E-state index >= 15 is 0 Å². The molecule has 188 valence electrons. The minimum Gasteiger partial charge on any atom is -0.198 e. The minimum atomic E-state index is 0. The summed E-state index contributed by atoms with van der Waals surface area (Å²) in [6.07, 6.45) is 11.2. The van der Waals surface area contributed by atoms with Crippen LogP contribution in [-0.2, 0) is 25.9 Å². The molecule has 0 unspecified atom stereocenters. The third kappa shape index (κ3) is 3.79. The van der Waals surface area contributed by atoms with Gasteiger partial charge >= 0.3 is 0 Å². The predicted molar refractivity (Wildman–Crippen MR) is 159 cm³/mol. The van der Waals surface area contributed by atoms with Crippen molar-refractivity contribution >= 4 is 22.9 Å². The summed E-state index contributed by atoms with van der Waals surface area (Å²) in [4.78, 5) is 0. The molecule has 2 aliphatic rings. The van der Waals surface area contributed by atoms with E-state index in [1.54, 1.807) is 0 Å². The lowest BCUT2D eigenvalue weighted by Gasteiger charge is -2.27. The summed E-state index contributed by atoms with van der Waals surface area (Å²) in [6.45, 7) is 8.88. The van der Waals surface area contributed by atoms with Crippen LogP contribution in [0.4, 0.5) is 0 Å². The highest BCUT2D eigenvalue weighted by Gasteiger charge is 2.37. The summed E-state index contributed by atoms with van der Waals surface area (Å²) in [5, 5.41) is 2.66. The monoisotopic (exact) mass is 496 g/mol. The van der Waals surface area contributed by atoms with Crippen molar-refractivity contribution in [1.82, 2.24) is 0 Å². The number of pyridine rings is 2. The summed E-state index contributed by atoms with van der Waals surface area (Å²) >= 11 is 0. The van der Waals surface area contributed by atoms with Gasteiger partial charge in [-0.3, -0.25) is 0 Å². The van der Waals surface area contributed by atoms with Gasteiger partial charge in [0.2, 0.25) is 11.4 Å². The molecule has 4 heterocycles. The highest BCUT2D eigenvalue weighted by Crippen LogP contribution is 2.44. The van der Waals surface area contributed by atoms with Crippen LogP contribution in [-0.4, -0.2) is 0 Å². The maximum Gasteiger partial charge on any atom is 0.221 e. The number of aromatic nitrogens is 2. The highest BCUT2D eigenvalue weighted by atomic mass is 15.0. The zero-order valence-electron chi connectivity index (χ0n) is 21.9. The second-order valence-electron chi connectivity index (χ2n) is 10.7. The van der Waals surface area contributed by atoms with Gasteiger partial charge in [-0.05, 0) is 65.6 Å². The highest BCUT2D eigenvalue weighted by molar-refractivity contribution is 5.99. The van der Waals surface area contributed by atoms with E-state index in [-0.39, 0.29) is 7.43 Å². The Hall–Kier alpha value is -4.04. The predicted octanol–water partition coefficient (Wildman–Crippen LogP) is 7.59. The van der Waals surface area contributed by atoms with Crippen LogP contribution < -0.4 is 9.13 Å². The second kappa shape index (κ2) is 9.36. The number of hydrogen-bond donors (Lipinski definition) is 0. The third-order valence-electron chi connectivity index (χ3n) is 8.56. The van der Waals surface area contributed by atoms with Crippen LogP contribution in [0.25, 0.3) is 45.4 Å². The Morgan fingerprint density at radius 3 is 2.11 bits per heavy atom. The molecule has 0 saturated heterocycles. The molecule has 2 aliphatic heterocycles. The number of rotatable bonds is 2. The van der Waals surface area contributed by atoms with Crippen LogP contribution in [0.3, 0.4) is 0 Å². The molecule has 0 bridgehead atoms. The van der Waals surface area contributed by atoms with Crippen molar-refractivity contribution in [2.45, 2.75) is 54.1 Å². The van der Waals surface area contributed by atoms with Crippen LogP contribution in [0.2, 0.25) is 0 Å². The van der Waals surface area contributed by atoms with E-state index in [0.29, 0.717) is 0 Å². The van der Waals surface area contributed by atoms with E-state index in [0.717, 1.165) is 25.9 Å². The average Bonchev–Trinajstić information content (AvgIpc) is 2.94. The topological polar surface area (TPSA) is 7.76 Å². The van der Waals surface area contributed by atoms with E-state index in [1.165, 1.54) is 72.2 Å². The Morgan fingerprint density at radius 2 is 1.32 bits per heavy atom. The van der Waals surface area contributed by atoms with Crippen LogP contribution in [0.1, 0.15) is 46.4 Å². The summed E-state index contributed by atoms with van der Waals surface area (Å²) in [5.41, 5.74) is 15.4. The molecule has 2 aromatic heterocycles. The summed E-state index contributed by atoms with van der Waals surface area (Å²) < 4.78 is 4.95. The molecule has 7 rings (SSSR count). The molecule has 3 aromatic carbocycles. The summed E-state index contributed by atoms with van der Waals surface area (Å²) in [5.74, 6) is 0. The number of benzene rings is 3. The van der Waals surface area contributed by atoms with Gasteiger partial charge in [0.15, 0.2) is 25.5 Å². The van der Waals surface area contributed by atoms with Crippen molar-refractivity contribution in [1.29, 1.82) is 0 Å². The first-order valence-corrected chi connectivity index (χ1v) is 13.4. The third-order valence-corrected chi connectivity index (χ3v) is 8.56. The second-order valence-corrected chi connectivity index (χ2v) is 10.7. The van der Waals surface area contributed by atoms with E-state index in [2.05, 4.69) is 121 Å². The first-order valence-electron chi connectivity index (χ1n) is 13.4. The molecule has 0 amide bonds. The fraction of sp³-hybridized carbons (Fsp3) is 0.222. The first-order chi connectivity index (χ1) is 18.1. The Balaban J connectivity index is 0.00000264. The Bertz CT molecular complexity index is 1740. The lowest BCUT2D eigenvalue weighted by molar-refractivity contribution is -0.689. The van der Waals surface area contributed by atoms with Crippen LogP contribution in [0.5, 0.6) is 0 Å². The Labute approximate surface area is 226 Å². The van der Waals surface area contributed by atoms with Gasteiger partial charge in [0, 0.05) is 31.0 Å². The smallest absolute Gasteiger partial charge is 0.198 e. The quantitative estimate of drug-likeness (QED) is 0.222. The van der Waals surface area contributed by atoms with Gasteiger partial charge in [-0.2, -0.15) is 9.13 Å². The molecular weight excluding hydrogens is 460 g/mol. The first kappa shape index (κ1) is 24.3. The SMILES string of the molecule is C.Cc1ccc(/C=C/c2cc[n+]3c(c2)-c2c(c(C)c(C)c4c2-c2c5ccccc5cc[n+]2CC4)CC3)cc1. The normalized spacial score (nSPS) is 13.4. The van der Waals surface area contributed by atoms with E-state index in [4.69, 9.17) is 0 Å². The van der Waals surface area contributed by atoms with Crippen LogP contribution in [0.15, 0.2) is 79.1 Å². The molecule has 0 saturated carbocycles. The molecule has 2 heteroatoms. The lowest BCUT2D eigenvalue weighted by atomic mass is 9.79. The zero-order chi connectivity index (χ0) is 25.1. The molecule has 0 spiro atoms. The van der Waals surface area contributed by atoms with Gasteiger partial charge in [0.05, 0.1) is 16.5 Å². The van der Waals surface area contributed by atoms with Crippen molar-refractivity contribution in [3.05, 3.63) is 118 Å². The van der Waals surface area contributed by atoms with Crippen LogP contribution in [0, 0.1) is 20.8 Å². The van der Waals surface area contributed by atoms with Crippen molar-refractivity contribution in [3.8, 4) is 22.5 Å². The van der Waals surface area contributed by atoms with E-state index in [9.17, 15) is 0 Å². The lowest BCUT2D eigenvalue weighted by Crippen LogP contribution is -2.43. The number of aryl methyl sites for hydroxylation is 3. The van der Waals surface area contributed by atoms with E-state index in [1.807, 2.05) is 0 Å². The summed E-state index contributed by atoms with van der Waals surface area (Å²) in [6, 6.07) is 24.5. The van der Waals surface area contributed by atoms with Crippen LogP contribution >= 0.6 is 0 Å². The maximum absolute atomic E-state index is 2.49. The average molecular weight is 497 g/mol. The van der Waals surface area contributed by atoms with Gasteiger partial charge < -0.3 is 0 Å². The zero-order valence-corrected chi connectivity index (χ0v) is 21.9. The van der Waals surface area contributed by atoms with Gasteiger partial charge in [-0.1, -0.05) is 67.6 Å². The van der Waals surface area contributed by atoms with Crippen molar-refractivity contribution in [3.63, 3.8) is 0 Å². The molecule has 0 N–H and O–H groups in total. The standard InChI is InChI=1S/C35H32N2.CH4/c1-23-8-10-26(11-9-23)12-13-27-14-18-36-20-16-29-24(2)25(3)30-17-21-37-19-15-28-6-4-5-7-31(28)35(37)34(30)33(29)32(36)22-27;/h4-15,18-19,22H,16-17,20-21H2,1-3H3;1H4/q+2;/b13-12+;. The molecular formula is C36H36N2+2. The Morgan fingerprint density at radius 1 is 0.658 bits per heavy atom. The molecule has 2 nitrogen and oxygen atoms in total. The molecule has 0 atom stereocenters. The van der Waals surface area contributed by atoms with Crippen molar-refractivity contribution in [2.24, 2.45) is 0 Å². The van der Waals surface area contributed by atoms with Gasteiger partial charge in [-0.15, -0.1) is 0 Å². The van der Waals surface area contributed by atoms with Gasteiger partial charge in [0.25, 0.3) is 0 Å². The van der Waals surface area contributed by atoms with Crippen molar-refractivity contribution in [2.75, 3.05) is 0 Å². The van der Waals surface area contributed by atoms with E-state index < -0.39 is 0 Å². The van der Waals surface area contributed by atoms with Gasteiger partial charge in [-0.25, -0.2) is 0 Å². The number of hydrogen-bond acceptors (Lipinski definition) is 0. The maximum atomic E-state index is 2.49. The minimum absolute atomic E-state index is 0. The van der Waals surface area contributed by atoms with Crippen molar-refractivity contribution < 1.29 is 9.13 Å². The summed E-state index contributed by atoms with van der Waals surface area (Å²) in [7, 11) is 0. The molecule has 0 fully saturated rings. The fourth-order valence-electron chi connectivity index (χ4n) is 6.41. The number of fused-ring (bicyclic) bond motifs is 9. The number of nitrogens with zero attached hydrogens (tertiary/aromatic N) is 2. The molecule has 5 aromatic rings. The largest absolute Gasteiger partial charge is 0.221 e. The molecule has 0 aliphatic carbocycles. The fourth-order valence-corrected chi connectivity index (χ4v) is 6.41. The molecule has 0 radical (unpaired) electrons.